The first-order valence-electron chi connectivity index (χ1n) is 10.9. The number of halogens is 1. The summed E-state index contributed by atoms with van der Waals surface area (Å²) in [6.07, 6.45) is 4.97. The summed E-state index contributed by atoms with van der Waals surface area (Å²) in [5, 5.41) is 21.0. The number of nitrogens with one attached hydrogen (secondary N) is 1. The third-order valence-corrected chi connectivity index (χ3v) is 8.43. The Morgan fingerprint density at radius 3 is 2.81 bits per heavy atom. The van der Waals surface area contributed by atoms with E-state index >= 15 is 0 Å². The minimum Gasteiger partial charge on any atom is -0.482 e. The molecule has 8 heteroatoms. The smallest absolute Gasteiger partial charge is 0.303 e. The molecular formula is C24H25IN4O3. The molecule has 166 valence electrons. The zero-order valence-corrected chi connectivity index (χ0v) is 19.8. The van der Waals surface area contributed by atoms with Crippen molar-refractivity contribution in [1.29, 1.82) is 0 Å². The molecule has 0 aromatic heterocycles. The number of ether oxygens (including phenoxy) is 1. The fraction of sp³-hybridized carbons (Fsp3) is 0.333. The first-order valence-corrected chi connectivity index (χ1v) is 12.9. The van der Waals surface area contributed by atoms with Crippen LogP contribution in [0.4, 0.5) is 0 Å². The van der Waals surface area contributed by atoms with Gasteiger partial charge in [0.25, 0.3) is 0 Å². The summed E-state index contributed by atoms with van der Waals surface area (Å²) < 4.78 is 9.47. The SMILES string of the molecule is O=C(O)CCCN1N=NC(c2cccc(C3=CC4(CCNCC4)Oc4ccccc43)c2)=I1. The van der Waals surface area contributed by atoms with Gasteiger partial charge in [-0.2, -0.15) is 0 Å². The summed E-state index contributed by atoms with van der Waals surface area (Å²) in [6, 6.07) is 16.8. The fourth-order valence-electron chi connectivity index (χ4n) is 4.29. The lowest BCUT2D eigenvalue weighted by atomic mass is 9.83. The van der Waals surface area contributed by atoms with Crippen LogP contribution < -0.4 is 10.1 Å². The maximum Gasteiger partial charge on any atom is 0.303 e. The zero-order valence-electron chi connectivity index (χ0n) is 17.6. The van der Waals surface area contributed by atoms with Crippen molar-refractivity contribution < 1.29 is 14.6 Å². The van der Waals surface area contributed by atoms with Crippen molar-refractivity contribution in [2.24, 2.45) is 10.3 Å². The number of fused-ring (bicyclic) bond motifs is 1. The summed E-state index contributed by atoms with van der Waals surface area (Å²) >= 11 is -0.533. The Kier molecular flexibility index (Phi) is 6.05. The Labute approximate surface area is 197 Å². The van der Waals surface area contributed by atoms with Gasteiger partial charge in [0, 0.05) is 36.9 Å². The highest BCUT2D eigenvalue weighted by Gasteiger charge is 2.37. The zero-order chi connectivity index (χ0) is 22.0. The Balaban J connectivity index is 1.44. The van der Waals surface area contributed by atoms with Crippen LogP contribution in [0.1, 0.15) is 42.4 Å². The third kappa shape index (κ3) is 4.47. The molecule has 1 saturated heterocycles. The fourth-order valence-corrected chi connectivity index (χ4v) is 6.40. The largest absolute Gasteiger partial charge is 0.482 e. The van der Waals surface area contributed by atoms with Gasteiger partial charge in [-0.05, 0) is 48.9 Å². The van der Waals surface area contributed by atoms with Gasteiger partial charge in [-0.25, -0.2) is 3.22 Å². The Morgan fingerprint density at radius 1 is 1.16 bits per heavy atom. The van der Waals surface area contributed by atoms with Crippen molar-refractivity contribution in [1.82, 2.24) is 8.54 Å². The number of benzene rings is 2. The predicted octanol–water partition coefficient (Wildman–Crippen LogP) is 4.54. The minimum atomic E-state index is -0.771. The molecule has 0 radical (unpaired) electrons. The molecule has 0 amide bonds. The molecule has 0 unspecified atom stereocenters. The summed E-state index contributed by atoms with van der Waals surface area (Å²) in [7, 11) is 0. The Bertz CT molecular complexity index is 1120. The lowest BCUT2D eigenvalue weighted by Crippen LogP contribution is -2.46. The van der Waals surface area contributed by atoms with Crippen molar-refractivity contribution in [3.63, 3.8) is 0 Å². The maximum absolute atomic E-state index is 10.8. The van der Waals surface area contributed by atoms with Crippen LogP contribution in [-0.2, 0) is 4.79 Å². The first-order chi connectivity index (χ1) is 15.6. The molecule has 5 rings (SSSR count). The van der Waals surface area contributed by atoms with E-state index in [2.05, 4.69) is 64.2 Å². The van der Waals surface area contributed by atoms with Crippen molar-refractivity contribution in [2.45, 2.75) is 31.3 Å². The van der Waals surface area contributed by atoms with Crippen molar-refractivity contribution in [2.75, 3.05) is 19.6 Å². The van der Waals surface area contributed by atoms with Crippen molar-refractivity contribution >= 4 is 36.2 Å². The second-order valence-electron chi connectivity index (χ2n) is 8.17. The average molecular weight is 544 g/mol. The number of nitrogens with zero attached hydrogens (tertiary/aromatic N) is 3. The molecule has 2 aromatic rings. The second kappa shape index (κ2) is 9.11. The molecule has 32 heavy (non-hydrogen) atoms. The number of para-hydroxylation sites is 1. The lowest BCUT2D eigenvalue weighted by molar-refractivity contribution is -0.137. The van der Waals surface area contributed by atoms with E-state index in [-0.39, 0.29) is 12.0 Å². The highest BCUT2D eigenvalue weighted by molar-refractivity contribution is 14.2. The van der Waals surface area contributed by atoms with Crippen LogP contribution in [0.15, 0.2) is 64.9 Å². The maximum atomic E-state index is 10.8. The first kappa shape index (κ1) is 21.3. The monoisotopic (exact) mass is 544 g/mol. The van der Waals surface area contributed by atoms with Crippen LogP contribution in [0.25, 0.3) is 5.57 Å². The highest BCUT2D eigenvalue weighted by atomic mass is 127. The standard InChI is InChI=1S/C24H25IN4O3/c30-22(31)9-4-14-29-25-23(27-28-29)18-6-3-5-17(15-18)20-16-24(10-12-26-13-11-24)32-21-8-2-1-7-19(20)21/h1-3,5-8,15-16,26H,4,9-14H2,(H,30,31). The van der Waals surface area contributed by atoms with E-state index in [0.717, 1.165) is 52.0 Å². The molecule has 3 heterocycles. The molecule has 1 fully saturated rings. The third-order valence-electron chi connectivity index (χ3n) is 5.90. The van der Waals surface area contributed by atoms with Crippen LogP contribution in [0.5, 0.6) is 5.75 Å². The minimum absolute atomic E-state index is 0.160. The van der Waals surface area contributed by atoms with Crippen molar-refractivity contribution in [3.05, 3.63) is 71.3 Å². The quantitative estimate of drug-likeness (QED) is 0.412. The number of carboxylic acids is 1. The average Bonchev–Trinajstić information content (AvgIpc) is 3.28. The highest BCUT2D eigenvalue weighted by Crippen LogP contribution is 2.42. The number of hydrogen-bond donors (Lipinski definition) is 2. The predicted molar refractivity (Wildman–Crippen MR) is 132 cm³/mol. The molecule has 2 aromatic carbocycles. The molecule has 0 atom stereocenters. The van der Waals surface area contributed by atoms with Gasteiger partial charge in [0.15, 0.2) is 0 Å². The topological polar surface area (TPSA) is 86.5 Å². The summed E-state index contributed by atoms with van der Waals surface area (Å²) in [4.78, 5) is 10.8. The normalized spacial score (nSPS) is 18.9. The molecule has 7 nitrogen and oxygen atoms in total. The number of piperidine rings is 1. The number of hydrogen-bond acceptors (Lipinski definition) is 6. The Hall–Kier alpha value is -2.59. The molecule has 3 aliphatic rings. The van der Waals surface area contributed by atoms with Gasteiger partial charge in [-0.1, -0.05) is 41.6 Å². The lowest BCUT2D eigenvalue weighted by Gasteiger charge is -2.40. The summed E-state index contributed by atoms with van der Waals surface area (Å²) in [5.41, 5.74) is 4.31. The molecule has 2 N–H and O–H groups in total. The van der Waals surface area contributed by atoms with E-state index in [1.165, 1.54) is 5.57 Å². The second-order valence-corrected chi connectivity index (χ2v) is 10.8. The van der Waals surface area contributed by atoms with Crippen LogP contribution in [0.3, 0.4) is 0 Å². The van der Waals surface area contributed by atoms with E-state index in [1.807, 2.05) is 9.29 Å². The molecule has 0 saturated carbocycles. The number of carboxylic acid groups (broad SMARTS) is 1. The van der Waals surface area contributed by atoms with Crippen LogP contribution in [0, 0.1) is 0 Å². The number of carbonyl (C=O) groups is 1. The van der Waals surface area contributed by atoms with Crippen LogP contribution in [0.2, 0.25) is 0 Å². The molecular weight excluding hydrogens is 519 g/mol. The summed E-state index contributed by atoms with van der Waals surface area (Å²) in [5.74, 6) is 0.176. The van der Waals surface area contributed by atoms with Gasteiger partial charge in [0.1, 0.15) is 15.0 Å². The van der Waals surface area contributed by atoms with Gasteiger partial charge in [0.05, 0.1) is 21.0 Å². The van der Waals surface area contributed by atoms with E-state index in [4.69, 9.17) is 9.84 Å². The van der Waals surface area contributed by atoms with Gasteiger partial charge in [0.2, 0.25) is 0 Å². The van der Waals surface area contributed by atoms with Gasteiger partial charge in [-0.15, -0.1) is 5.11 Å². The Morgan fingerprint density at radius 2 is 1.97 bits per heavy atom. The van der Waals surface area contributed by atoms with Gasteiger partial charge < -0.3 is 15.2 Å². The van der Waals surface area contributed by atoms with Gasteiger partial charge in [-0.3, -0.25) is 4.79 Å². The number of rotatable bonds is 6. The number of aliphatic carboxylic acids is 1. The molecule has 3 aliphatic heterocycles. The van der Waals surface area contributed by atoms with E-state index < -0.39 is 27.0 Å². The van der Waals surface area contributed by atoms with Crippen LogP contribution in [-0.4, -0.2) is 43.2 Å². The van der Waals surface area contributed by atoms with Crippen LogP contribution >= 0.6 is 21.0 Å². The van der Waals surface area contributed by atoms with E-state index in [9.17, 15) is 4.79 Å². The van der Waals surface area contributed by atoms with Crippen molar-refractivity contribution in [3.8, 4) is 5.75 Å². The molecule has 1 spiro atoms. The van der Waals surface area contributed by atoms with E-state index in [0.29, 0.717) is 13.0 Å². The molecule has 0 aliphatic carbocycles. The molecule has 0 bridgehead atoms. The summed E-state index contributed by atoms with van der Waals surface area (Å²) in [6.45, 7) is 2.54. The van der Waals surface area contributed by atoms with Gasteiger partial charge >= 0.3 is 5.97 Å². The van der Waals surface area contributed by atoms with E-state index in [1.54, 1.807) is 0 Å².